The summed E-state index contributed by atoms with van der Waals surface area (Å²) in [7, 11) is 5.41. The number of ether oxygens (including phenoxy) is 2. The van der Waals surface area contributed by atoms with Crippen LogP contribution in [-0.4, -0.2) is 32.1 Å². The van der Waals surface area contributed by atoms with Gasteiger partial charge in [0.05, 0.1) is 7.11 Å². The Morgan fingerprint density at radius 3 is 2.48 bits per heavy atom. The van der Waals surface area contributed by atoms with Crippen LogP contribution in [0.15, 0.2) is 42.2 Å². The fourth-order valence-electron chi connectivity index (χ4n) is 2.41. The molecule has 0 saturated heterocycles. The third-order valence-electron chi connectivity index (χ3n) is 3.67. The number of methoxy groups -OCH3 is 1. The third-order valence-corrected chi connectivity index (χ3v) is 3.67. The van der Waals surface area contributed by atoms with E-state index in [1.807, 2.05) is 43.3 Å². The van der Waals surface area contributed by atoms with Crippen LogP contribution in [-0.2, 0) is 0 Å². The van der Waals surface area contributed by atoms with E-state index in [-0.39, 0.29) is 22.9 Å². The lowest BCUT2D eigenvalue weighted by Gasteiger charge is -2.11. The second-order valence-electron chi connectivity index (χ2n) is 5.45. The van der Waals surface area contributed by atoms with Crippen molar-refractivity contribution in [1.82, 2.24) is 0 Å². The molecule has 5 heteroatoms. The second kappa shape index (κ2) is 5.68. The molecule has 2 aromatic carbocycles. The molecule has 0 radical (unpaired) electrons. The van der Waals surface area contributed by atoms with Crippen molar-refractivity contribution in [3.8, 4) is 17.2 Å². The number of fused-ring (bicyclic) bond motifs is 1. The summed E-state index contributed by atoms with van der Waals surface area (Å²) in [4.78, 5) is 14.4. The zero-order chi connectivity index (χ0) is 16.6. The summed E-state index contributed by atoms with van der Waals surface area (Å²) in [5.41, 5.74) is 2.08. The van der Waals surface area contributed by atoms with Gasteiger partial charge in [0.25, 0.3) is 0 Å². The second-order valence-corrected chi connectivity index (χ2v) is 5.45. The molecule has 2 aromatic rings. The highest BCUT2D eigenvalue weighted by atomic mass is 16.5. The minimum absolute atomic E-state index is 0.143. The molecule has 0 amide bonds. The lowest BCUT2D eigenvalue weighted by Crippen LogP contribution is -2.08. The Kier molecular flexibility index (Phi) is 3.70. The number of aromatic hydroxyl groups is 1. The average Bonchev–Trinajstić information content (AvgIpc) is 2.84. The number of carbonyl (C=O) groups is 1. The molecule has 1 N–H and O–H groups in total. The van der Waals surface area contributed by atoms with E-state index >= 15 is 0 Å². The first-order valence-corrected chi connectivity index (χ1v) is 7.12. The van der Waals surface area contributed by atoms with Crippen LogP contribution in [0.1, 0.15) is 15.9 Å². The molecule has 0 spiro atoms. The van der Waals surface area contributed by atoms with Crippen LogP contribution in [0.5, 0.6) is 17.2 Å². The Morgan fingerprint density at radius 2 is 1.87 bits per heavy atom. The number of phenols is 1. The molecule has 1 aliphatic heterocycles. The van der Waals surface area contributed by atoms with Crippen LogP contribution in [0.4, 0.5) is 5.69 Å². The molecule has 23 heavy (non-hydrogen) atoms. The van der Waals surface area contributed by atoms with Gasteiger partial charge in [0, 0.05) is 31.9 Å². The summed E-state index contributed by atoms with van der Waals surface area (Å²) in [6.45, 7) is 0. The Bertz CT molecular complexity index is 791. The highest BCUT2D eigenvalue weighted by molar-refractivity contribution is 6.16. The molecule has 1 aliphatic rings. The largest absolute Gasteiger partial charge is 0.507 e. The average molecular weight is 311 g/mol. The van der Waals surface area contributed by atoms with Crippen molar-refractivity contribution < 1.29 is 19.4 Å². The van der Waals surface area contributed by atoms with E-state index in [4.69, 9.17) is 9.47 Å². The number of anilines is 1. The van der Waals surface area contributed by atoms with Gasteiger partial charge in [-0.1, -0.05) is 12.1 Å². The molecule has 0 saturated carbocycles. The van der Waals surface area contributed by atoms with E-state index in [2.05, 4.69) is 0 Å². The third kappa shape index (κ3) is 2.73. The standard InChI is InChI=1S/C18H17NO4/c1-19(2)12-6-4-11(5-7-12)8-16-18(21)17-14(20)9-13(22-3)10-15(17)23-16/h4-10,20H,1-3H3/b16-8-. The van der Waals surface area contributed by atoms with Crippen molar-refractivity contribution >= 4 is 17.5 Å². The maximum absolute atomic E-state index is 12.4. The molecule has 3 rings (SSSR count). The number of ketones is 1. The Balaban J connectivity index is 1.93. The fourth-order valence-corrected chi connectivity index (χ4v) is 2.41. The van der Waals surface area contributed by atoms with E-state index in [9.17, 15) is 9.90 Å². The van der Waals surface area contributed by atoms with Gasteiger partial charge in [-0.15, -0.1) is 0 Å². The highest BCUT2D eigenvalue weighted by Crippen LogP contribution is 2.40. The van der Waals surface area contributed by atoms with Gasteiger partial charge in [-0.2, -0.15) is 0 Å². The van der Waals surface area contributed by atoms with Crippen LogP contribution >= 0.6 is 0 Å². The minimum Gasteiger partial charge on any atom is -0.507 e. The molecule has 0 aliphatic carbocycles. The van der Waals surface area contributed by atoms with Gasteiger partial charge in [0.2, 0.25) is 5.78 Å². The van der Waals surface area contributed by atoms with Crippen molar-refractivity contribution in [3.63, 3.8) is 0 Å². The molecule has 0 aromatic heterocycles. The molecule has 1 heterocycles. The molecule has 0 unspecified atom stereocenters. The number of rotatable bonds is 3. The van der Waals surface area contributed by atoms with E-state index < -0.39 is 0 Å². The molecule has 0 fully saturated rings. The highest BCUT2D eigenvalue weighted by Gasteiger charge is 2.31. The topological polar surface area (TPSA) is 59.0 Å². The van der Waals surface area contributed by atoms with Crippen molar-refractivity contribution in [1.29, 1.82) is 0 Å². The number of hydrogen-bond donors (Lipinski definition) is 1. The SMILES string of the molecule is COc1cc(O)c2c(c1)O/C(=C\c1ccc(N(C)C)cc1)C2=O. The maximum atomic E-state index is 12.4. The quantitative estimate of drug-likeness (QED) is 0.883. The summed E-state index contributed by atoms with van der Waals surface area (Å²) < 4.78 is 10.7. The lowest BCUT2D eigenvalue weighted by atomic mass is 10.1. The van der Waals surface area contributed by atoms with Crippen molar-refractivity contribution in [3.05, 3.63) is 53.3 Å². The molecular formula is C18H17NO4. The molecule has 0 bridgehead atoms. The Labute approximate surface area is 134 Å². The lowest BCUT2D eigenvalue weighted by molar-refractivity contribution is 0.101. The van der Waals surface area contributed by atoms with Crippen molar-refractivity contribution in [2.75, 3.05) is 26.1 Å². The minimum atomic E-state index is -0.336. The molecule has 118 valence electrons. The fraction of sp³-hybridized carbons (Fsp3) is 0.167. The Morgan fingerprint density at radius 1 is 1.17 bits per heavy atom. The zero-order valence-electron chi connectivity index (χ0n) is 13.2. The summed E-state index contributed by atoms with van der Waals surface area (Å²) in [6.07, 6.45) is 1.66. The maximum Gasteiger partial charge on any atom is 0.235 e. The number of hydrogen-bond acceptors (Lipinski definition) is 5. The number of nitrogens with zero attached hydrogens (tertiary/aromatic N) is 1. The van der Waals surface area contributed by atoms with E-state index in [1.54, 1.807) is 12.1 Å². The first-order chi connectivity index (χ1) is 11.0. The monoisotopic (exact) mass is 311 g/mol. The molecule has 5 nitrogen and oxygen atoms in total. The number of phenolic OH excluding ortho intramolecular Hbond substituents is 1. The van der Waals surface area contributed by atoms with Crippen LogP contribution < -0.4 is 14.4 Å². The zero-order valence-corrected chi connectivity index (χ0v) is 13.2. The van der Waals surface area contributed by atoms with Crippen LogP contribution in [0.3, 0.4) is 0 Å². The van der Waals surface area contributed by atoms with E-state index in [1.165, 1.54) is 13.2 Å². The predicted molar refractivity (Wildman–Crippen MR) is 88.4 cm³/mol. The number of Topliss-reactive ketones (excluding diaryl/α,β-unsaturated/α-hetero) is 1. The number of carbonyl (C=O) groups excluding carboxylic acids is 1. The first-order valence-electron chi connectivity index (χ1n) is 7.12. The summed E-state index contributed by atoms with van der Waals surface area (Å²) in [5, 5.41) is 9.98. The van der Waals surface area contributed by atoms with Gasteiger partial charge in [-0.05, 0) is 23.8 Å². The van der Waals surface area contributed by atoms with Crippen LogP contribution in [0, 0.1) is 0 Å². The van der Waals surface area contributed by atoms with Gasteiger partial charge in [-0.25, -0.2) is 0 Å². The van der Waals surface area contributed by atoms with E-state index in [0.29, 0.717) is 11.5 Å². The summed E-state index contributed by atoms with van der Waals surface area (Å²) >= 11 is 0. The number of allylic oxidation sites excluding steroid dienone is 1. The van der Waals surface area contributed by atoms with Crippen molar-refractivity contribution in [2.45, 2.75) is 0 Å². The number of benzene rings is 2. The van der Waals surface area contributed by atoms with Gasteiger partial charge >= 0.3 is 0 Å². The smallest absolute Gasteiger partial charge is 0.235 e. The molecular weight excluding hydrogens is 294 g/mol. The van der Waals surface area contributed by atoms with Gasteiger partial charge < -0.3 is 19.5 Å². The normalized spacial score (nSPS) is 14.6. The van der Waals surface area contributed by atoms with Gasteiger partial charge in [-0.3, -0.25) is 4.79 Å². The van der Waals surface area contributed by atoms with Crippen molar-refractivity contribution in [2.24, 2.45) is 0 Å². The Hall–Kier alpha value is -2.95. The van der Waals surface area contributed by atoms with Gasteiger partial charge in [0.1, 0.15) is 22.8 Å². The van der Waals surface area contributed by atoms with Crippen LogP contribution in [0.25, 0.3) is 6.08 Å². The van der Waals surface area contributed by atoms with E-state index in [0.717, 1.165) is 11.3 Å². The molecule has 0 atom stereocenters. The summed E-state index contributed by atoms with van der Waals surface area (Å²) in [5.74, 6) is 0.447. The first kappa shape index (κ1) is 15.0. The van der Waals surface area contributed by atoms with Crippen LogP contribution in [0.2, 0.25) is 0 Å². The summed E-state index contributed by atoms with van der Waals surface area (Å²) in [6, 6.07) is 10.7. The van der Waals surface area contributed by atoms with Gasteiger partial charge in [0.15, 0.2) is 5.76 Å². The predicted octanol–water partition coefficient (Wildman–Crippen LogP) is 3.08.